The quantitative estimate of drug-likeness (QED) is 0.661. The maximum atomic E-state index is 12.0. The molecule has 1 aromatic rings. The largest absolute Gasteiger partial charge is 0.269 e. The van der Waals surface area contributed by atoms with Gasteiger partial charge in [0.15, 0.2) is 0 Å². The molecule has 77 valence electrons. The Labute approximate surface area is 94.1 Å². The average molecular weight is 210 g/mol. The van der Waals surface area contributed by atoms with E-state index in [1.165, 1.54) is 4.90 Å². The summed E-state index contributed by atoms with van der Waals surface area (Å²) in [7, 11) is 0. The molecule has 3 rings (SSSR count). The fourth-order valence-electron chi connectivity index (χ4n) is 1.94. The molecule has 0 aromatic heterocycles. The summed E-state index contributed by atoms with van der Waals surface area (Å²) in [6, 6.07) is 7.51. The number of imide groups is 1. The van der Waals surface area contributed by atoms with Gasteiger partial charge in [-0.05, 0) is 37.8 Å². The summed E-state index contributed by atoms with van der Waals surface area (Å²) in [6.07, 6.45) is 7.11. The van der Waals surface area contributed by atoms with Crippen molar-refractivity contribution in [1.82, 2.24) is 4.90 Å². The summed E-state index contributed by atoms with van der Waals surface area (Å²) in [5.74, 6) is -0.487. The van der Waals surface area contributed by atoms with Crippen molar-refractivity contribution in [3.8, 4) is 0 Å². The van der Waals surface area contributed by atoms with E-state index < -0.39 is 0 Å². The molecule has 3 nitrogen and oxygen atoms in total. The second-order valence-electron chi connectivity index (χ2n) is 3.63. The van der Waals surface area contributed by atoms with Gasteiger partial charge in [0, 0.05) is 0 Å². The molecule has 0 bridgehead atoms. The zero-order chi connectivity index (χ0) is 11.1. The number of amides is 2. The molecule has 1 aliphatic carbocycles. The molecular formula is C13H8NO2. The lowest BCUT2D eigenvalue weighted by Crippen LogP contribution is -2.33. The van der Waals surface area contributed by atoms with Gasteiger partial charge in [-0.15, -0.1) is 0 Å². The van der Waals surface area contributed by atoms with Gasteiger partial charge < -0.3 is 0 Å². The van der Waals surface area contributed by atoms with Crippen LogP contribution in [0.3, 0.4) is 0 Å². The first-order valence-electron chi connectivity index (χ1n) is 4.98. The maximum absolute atomic E-state index is 12.0. The van der Waals surface area contributed by atoms with Gasteiger partial charge in [-0.25, -0.2) is 0 Å². The number of benzene rings is 1. The maximum Gasteiger partial charge on any atom is 0.262 e. The number of nitrogens with zero attached hydrogens (tertiary/aromatic N) is 1. The van der Waals surface area contributed by atoms with Crippen LogP contribution in [0.1, 0.15) is 20.7 Å². The monoisotopic (exact) mass is 210 g/mol. The van der Waals surface area contributed by atoms with Gasteiger partial charge in [-0.2, -0.15) is 0 Å². The third-order valence-electron chi connectivity index (χ3n) is 2.70. The van der Waals surface area contributed by atoms with Gasteiger partial charge in [-0.3, -0.25) is 14.5 Å². The van der Waals surface area contributed by atoms with E-state index in [2.05, 4.69) is 0 Å². The van der Waals surface area contributed by atoms with Crippen LogP contribution in [0.5, 0.6) is 0 Å². The van der Waals surface area contributed by atoms with E-state index in [9.17, 15) is 9.59 Å². The molecule has 16 heavy (non-hydrogen) atoms. The molecule has 1 heterocycles. The van der Waals surface area contributed by atoms with E-state index in [0.29, 0.717) is 17.2 Å². The third kappa shape index (κ3) is 1.21. The van der Waals surface area contributed by atoms with Gasteiger partial charge in [-0.1, -0.05) is 12.1 Å². The van der Waals surface area contributed by atoms with E-state index >= 15 is 0 Å². The SMILES string of the molecule is O=C1c2ccccc2C(=O)N1[C]1[CH][CH][CH][CH]1. The van der Waals surface area contributed by atoms with Crippen LogP contribution in [-0.4, -0.2) is 16.7 Å². The van der Waals surface area contributed by atoms with Crippen molar-refractivity contribution in [1.29, 1.82) is 0 Å². The minimum absolute atomic E-state index is 0.244. The average Bonchev–Trinajstić information content (AvgIpc) is 2.89. The summed E-state index contributed by atoms with van der Waals surface area (Å²) >= 11 is 0. The molecule has 2 aliphatic rings. The molecule has 1 aromatic carbocycles. The molecule has 1 fully saturated rings. The molecule has 0 saturated heterocycles. The van der Waals surface area contributed by atoms with Gasteiger partial charge in [0.25, 0.3) is 11.8 Å². The highest BCUT2D eigenvalue weighted by atomic mass is 16.2. The Morgan fingerprint density at radius 3 is 1.81 bits per heavy atom. The molecule has 1 aliphatic heterocycles. The van der Waals surface area contributed by atoms with Crippen LogP contribution in [-0.2, 0) is 0 Å². The summed E-state index contributed by atoms with van der Waals surface area (Å²) in [5, 5.41) is 0. The number of hydrogen-bond acceptors (Lipinski definition) is 2. The molecular weight excluding hydrogens is 202 g/mol. The van der Waals surface area contributed by atoms with Crippen LogP contribution in [0.25, 0.3) is 0 Å². The molecule has 0 N–H and O–H groups in total. The van der Waals surface area contributed by atoms with Crippen molar-refractivity contribution in [2.75, 3.05) is 0 Å². The Bertz CT molecular complexity index is 426. The molecule has 5 radical (unpaired) electrons. The molecule has 3 heteroatoms. The minimum atomic E-state index is -0.244. The van der Waals surface area contributed by atoms with Crippen LogP contribution in [0, 0.1) is 31.7 Å². The minimum Gasteiger partial charge on any atom is -0.269 e. The molecule has 0 unspecified atom stereocenters. The van der Waals surface area contributed by atoms with E-state index in [0.717, 1.165) is 0 Å². The number of hydrogen-bond donors (Lipinski definition) is 0. The highest BCUT2D eigenvalue weighted by molar-refractivity contribution is 6.22. The van der Waals surface area contributed by atoms with E-state index in [-0.39, 0.29) is 11.8 Å². The summed E-state index contributed by atoms with van der Waals surface area (Å²) in [6.45, 7) is 0. The molecule has 1 saturated carbocycles. The van der Waals surface area contributed by atoms with Gasteiger partial charge in [0.1, 0.15) is 0 Å². The highest BCUT2D eigenvalue weighted by Crippen LogP contribution is 2.34. The summed E-state index contributed by atoms with van der Waals surface area (Å²) < 4.78 is 0. The van der Waals surface area contributed by atoms with Crippen molar-refractivity contribution in [2.24, 2.45) is 0 Å². The number of carbonyl (C=O) groups excluding carboxylic acids is 2. The number of rotatable bonds is 1. The Balaban J connectivity index is 2.00. The smallest absolute Gasteiger partial charge is 0.262 e. The fraction of sp³-hybridized carbons (Fsp3) is 0. The number of carbonyl (C=O) groups is 2. The normalized spacial score (nSPS) is 20.6. The lowest BCUT2D eigenvalue weighted by molar-refractivity contribution is 0.0681. The first kappa shape index (κ1) is 9.58. The number of fused-ring (bicyclic) bond motifs is 1. The first-order chi connectivity index (χ1) is 7.79. The third-order valence-corrected chi connectivity index (χ3v) is 2.70. The summed E-state index contributed by atoms with van der Waals surface area (Å²) in [5.41, 5.74) is 0.961. The molecule has 2 amide bonds. The van der Waals surface area contributed by atoms with Crippen LogP contribution in [0.2, 0.25) is 0 Å². The van der Waals surface area contributed by atoms with E-state index in [1.54, 1.807) is 49.9 Å². The van der Waals surface area contributed by atoms with Gasteiger partial charge >= 0.3 is 0 Å². The Hall–Kier alpha value is -1.64. The Kier molecular flexibility index (Phi) is 2.06. The van der Waals surface area contributed by atoms with Crippen LogP contribution >= 0.6 is 0 Å². The van der Waals surface area contributed by atoms with Crippen molar-refractivity contribution < 1.29 is 9.59 Å². The van der Waals surface area contributed by atoms with Crippen molar-refractivity contribution in [2.45, 2.75) is 0 Å². The second-order valence-corrected chi connectivity index (χ2v) is 3.63. The highest BCUT2D eigenvalue weighted by Gasteiger charge is 2.41. The topological polar surface area (TPSA) is 37.4 Å². The van der Waals surface area contributed by atoms with Crippen LogP contribution < -0.4 is 0 Å². The van der Waals surface area contributed by atoms with Crippen LogP contribution in [0.15, 0.2) is 24.3 Å². The van der Waals surface area contributed by atoms with E-state index in [1.807, 2.05) is 0 Å². The predicted octanol–water partition coefficient (Wildman–Crippen LogP) is 1.65. The summed E-state index contributed by atoms with van der Waals surface area (Å²) in [4.78, 5) is 25.2. The Morgan fingerprint density at radius 1 is 0.812 bits per heavy atom. The van der Waals surface area contributed by atoms with Crippen molar-refractivity contribution in [3.63, 3.8) is 0 Å². The molecule has 0 atom stereocenters. The standard InChI is InChI=1S/C13H8NO2/c15-12-10-7-3-4-8-11(10)13(16)14(12)9-5-1-2-6-9/h1-8H. The first-order valence-corrected chi connectivity index (χ1v) is 4.98. The van der Waals surface area contributed by atoms with Gasteiger partial charge in [0.05, 0.1) is 17.2 Å². The molecule has 0 spiro atoms. The fourth-order valence-corrected chi connectivity index (χ4v) is 1.94. The van der Waals surface area contributed by atoms with E-state index in [4.69, 9.17) is 0 Å². The van der Waals surface area contributed by atoms with Crippen molar-refractivity contribution in [3.05, 3.63) is 67.1 Å². The predicted molar refractivity (Wildman–Crippen MR) is 57.4 cm³/mol. The Morgan fingerprint density at radius 2 is 1.31 bits per heavy atom. The van der Waals surface area contributed by atoms with Crippen LogP contribution in [0.4, 0.5) is 0 Å². The zero-order valence-electron chi connectivity index (χ0n) is 8.38. The lowest BCUT2D eigenvalue weighted by atomic mass is 10.1. The lowest BCUT2D eigenvalue weighted by Gasteiger charge is -2.19. The van der Waals surface area contributed by atoms with Crippen molar-refractivity contribution >= 4 is 11.8 Å². The van der Waals surface area contributed by atoms with Gasteiger partial charge in [0.2, 0.25) is 0 Å². The zero-order valence-corrected chi connectivity index (χ0v) is 8.38. The second kappa shape index (κ2) is 3.44.